The number of hydrogen-bond donors (Lipinski definition) is 3. The zero-order valence-electron chi connectivity index (χ0n) is 14.4. The summed E-state index contributed by atoms with van der Waals surface area (Å²) < 4.78 is 0. The third-order valence-corrected chi connectivity index (χ3v) is 4.26. The number of rotatable bonds is 5. The van der Waals surface area contributed by atoms with Gasteiger partial charge in [0.25, 0.3) is 11.8 Å². The van der Waals surface area contributed by atoms with Gasteiger partial charge in [-0.15, -0.1) is 0 Å². The number of fused-ring (bicyclic) bond motifs is 1. The van der Waals surface area contributed by atoms with Gasteiger partial charge in [0, 0.05) is 35.6 Å². The maximum absolute atomic E-state index is 12.7. The summed E-state index contributed by atoms with van der Waals surface area (Å²) in [7, 11) is 0. The number of carbonyl (C=O) groups excluding carboxylic acids is 2. The molecule has 0 spiro atoms. The van der Waals surface area contributed by atoms with Gasteiger partial charge >= 0.3 is 0 Å². The highest BCUT2D eigenvalue weighted by Crippen LogP contribution is 2.26. The maximum Gasteiger partial charge on any atom is 0.256 e. The van der Waals surface area contributed by atoms with Crippen LogP contribution in [-0.2, 0) is 6.42 Å². The highest BCUT2D eigenvalue weighted by atomic mass is 16.2. The smallest absolute Gasteiger partial charge is 0.256 e. The molecule has 1 aliphatic rings. The molecule has 0 bridgehead atoms. The summed E-state index contributed by atoms with van der Waals surface area (Å²) in [6.07, 6.45) is 2.80. The van der Waals surface area contributed by atoms with Crippen LogP contribution in [0, 0.1) is 0 Å². The highest BCUT2D eigenvalue weighted by molar-refractivity contribution is 6.07. The molecule has 0 aliphatic carbocycles. The third-order valence-electron chi connectivity index (χ3n) is 4.26. The number of benzene rings is 2. The van der Waals surface area contributed by atoms with Crippen LogP contribution in [0.4, 0.5) is 11.4 Å². The van der Waals surface area contributed by atoms with E-state index >= 15 is 0 Å². The predicted molar refractivity (Wildman–Crippen MR) is 100 cm³/mol. The highest BCUT2D eigenvalue weighted by Gasteiger charge is 2.17. The molecule has 0 fully saturated rings. The van der Waals surface area contributed by atoms with E-state index in [1.54, 1.807) is 24.3 Å². The molecule has 0 saturated heterocycles. The Bertz CT molecular complexity index is 786. The minimum absolute atomic E-state index is 0.126. The van der Waals surface area contributed by atoms with Crippen molar-refractivity contribution in [1.82, 2.24) is 5.32 Å². The van der Waals surface area contributed by atoms with Crippen molar-refractivity contribution in [2.75, 3.05) is 23.7 Å². The minimum Gasteiger partial charge on any atom is -0.385 e. The van der Waals surface area contributed by atoms with E-state index in [0.717, 1.165) is 37.1 Å². The molecule has 2 aromatic carbocycles. The Morgan fingerprint density at radius 3 is 2.80 bits per heavy atom. The first-order valence-electron chi connectivity index (χ1n) is 8.74. The molecule has 2 aromatic rings. The van der Waals surface area contributed by atoms with Gasteiger partial charge in [0.05, 0.1) is 0 Å². The van der Waals surface area contributed by atoms with Gasteiger partial charge < -0.3 is 16.0 Å². The van der Waals surface area contributed by atoms with Crippen molar-refractivity contribution < 1.29 is 9.59 Å². The van der Waals surface area contributed by atoms with Crippen LogP contribution in [-0.4, -0.2) is 24.9 Å². The lowest BCUT2D eigenvalue weighted by Crippen LogP contribution is -2.24. The molecule has 0 aromatic heterocycles. The van der Waals surface area contributed by atoms with Crippen LogP contribution in [0.15, 0.2) is 42.5 Å². The molecule has 0 unspecified atom stereocenters. The third kappa shape index (κ3) is 3.99. The van der Waals surface area contributed by atoms with Crippen molar-refractivity contribution in [3.05, 3.63) is 59.2 Å². The van der Waals surface area contributed by atoms with Gasteiger partial charge in [-0.05, 0) is 55.2 Å². The van der Waals surface area contributed by atoms with E-state index in [2.05, 4.69) is 16.0 Å². The van der Waals surface area contributed by atoms with Crippen molar-refractivity contribution in [3.63, 3.8) is 0 Å². The van der Waals surface area contributed by atoms with E-state index in [9.17, 15) is 9.59 Å². The standard InChI is InChI=1S/C20H23N3O2/c1-2-11-22-19(24)14-6-3-7-15(13-14)23-20(25)17-8-4-10-18-16(17)9-5-12-21-18/h3-4,6-8,10,13,21H,2,5,9,11-12H2,1H3,(H,22,24)(H,23,25). The summed E-state index contributed by atoms with van der Waals surface area (Å²) in [6.45, 7) is 3.58. The molecule has 3 rings (SSSR count). The summed E-state index contributed by atoms with van der Waals surface area (Å²) in [4.78, 5) is 24.8. The molecule has 5 heteroatoms. The second kappa shape index (κ2) is 7.83. The molecular weight excluding hydrogens is 314 g/mol. The van der Waals surface area contributed by atoms with Crippen molar-refractivity contribution in [1.29, 1.82) is 0 Å². The SMILES string of the molecule is CCCNC(=O)c1cccc(NC(=O)c2cccc3c2CCCN3)c1. The molecule has 1 aliphatic heterocycles. The monoisotopic (exact) mass is 337 g/mol. The number of anilines is 2. The van der Waals surface area contributed by atoms with Gasteiger partial charge in [0.1, 0.15) is 0 Å². The molecule has 130 valence electrons. The second-order valence-electron chi connectivity index (χ2n) is 6.15. The van der Waals surface area contributed by atoms with Gasteiger partial charge in [-0.25, -0.2) is 0 Å². The molecule has 3 N–H and O–H groups in total. The molecular formula is C20H23N3O2. The van der Waals surface area contributed by atoms with Crippen LogP contribution < -0.4 is 16.0 Å². The van der Waals surface area contributed by atoms with Crippen LogP contribution in [0.1, 0.15) is 46.0 Å². The van der Waals surface area contributed by atoms with Gasteiger partial charge in [0.2, 0.25) is 0 Å². The van der Waals surface area contributed by atoms with Gasteiger partial charge in [-0.1, -0.05) is 19.1 Å². The van der Waals surface area contributed by atoms with E-state index in [0.29, 0.717) is 23.4 Å². The van der Waals surface area contributed by atoms with Crippen LogP contribution >= 0.6 is 0 Å². The number of hydrogen-bond acceptors (Lipinski definition) is 3. The topological polar surface area (TPSA) is 70.2 Å². The first-order chi connectivity index (χ1) is 12.2. The Kier molecular flexibility index (Phi) is 5.33. The summed E-state index contributed by atoms with van der Waals surface area (Å²) in [6, 6.07) is 12.8. The second-order valence-corrected chi connectivity index (χ2v) is 6.15. The van der Waals surface area contributed by atoms with Crippen LogP contribution in [0.3, 0.4) is 0 Å². The molecule has 0 atom stereocenters. The average molecular weight is 337 g/mol. The zero-order valence-corrected chi connectivity index (χ0v) is 14.4. The van der Waals surface area contributed by atoms with E-state index in [-0.39, 0.29) is 11.8 Å². The lowest BCUT2D eigenvalue weighted by Gasteiger charge is -2.20. The molecule has 2 amide bonds. The Hall–Kier alpha value is -2.82. The van der Waals surface area contributed by atoms with Crippen molar-refractivity contribution in [3.8, 4) is 0 Å². The van der Waals surface area contributed by atoms with Crippen LogP contribution in [0.2, 0.25) is 0 Å². The Labute approximate surface area is 147 Å². The summed E-state index contributed by atoms with van der Waals surface area (Å²) in [5.74, 6) is -0.272. The quantitative estimate of drug-likeness (QED) is 0.783. The fourth-order valence-electron chi connectivity index (χ4n) is 3.00. The van der Waals surface area contributed by atoms with Gasteiger partial charge in [-0.2, -0.15) is 0 Å². The summed E-state index contributed by atoms with van der Waals surface area (Å²) in [5.41, 5.74) is 3.94. The molecule has 0 radical (unpaired) electrons. The van der Waals surface area contributed by atoms with E-state index in [1.807, 2.05) is 25.1 Å². The van der Waals surface area contributed by atoms with E-state index in [4.69, 9.17) is 0 Å². The fraction of sp³-hybridized carbons (Fsp3) is 0.300. The minimum atomic E-state index is -0.147. The molecule has 1 heterocycles. The van der Waals surface area contributed by atoms with Crippen LogP contribution in [0.5, 0.6) is 0 Å². The van der Waals surface area contributed by atoms with E-state index in [1.165, 1.54) is 0 Å². The Morgan fingerprint density at radius 1 is 1.12 bits per heavy atom. The van der Waals surface area contributed by atoms with Crippen LogP contribution in [0.25, 0.3) is 0 Å². The first kappa shape index (κ1) is 17.0. The summed E-state index contributed by atoms with van der Waals surface area (Å²) >= 11 is 0. The normalized spacial score (nSPS) is 12.7. The Balaban J connectivity index is 1.77. The van der Waals surface area contributed by atoms with Crippen molar-refractivity contribution >= 4 is 23.2 Å². The van der Waals surface area contributed by atoms with Gasteiger partial charge in [0.15, 0.2) is 0 Å². The summed E-state index contributed by atoms with van der Waals surface area (Å²) in [5, 5.41) is 9.09. The lowest BCUT2D eigenvalue weighted by atomic mass is 9.97. The van der Waals surface area contributed by atoms with Gasteiger partial charge in [-0.3, -0.25) is 9.59 Å². The van der Waals surface area contributed by atoms with Crippen molar-refractivity contribution in [2.45, 2.75) is 26.2 Å². The first-order valence-corrected chi connectivity index (χ1v) is 8.74. The number of carbonyl (C=O) groups is 2. The molecule has 5 nitrogen and oxygen atoms in total. The predicted octanol–water partition coefficient (Wildman–Crippen LogP) is 3.44. The zero-order chi connectivity index (χ0) is 17.6. The maximum atomic E-state index is 12.7. The van der Waals surface area contributed by atoms with Crippen molar-refractivity contribution in [2.24, 2.45) is 0 Å². The average Bonchev–Trinajstić information content (AvgIpc) is 2.65. The fourth-order valence-corrected chi connectivity index (χ4v) is 3.00. The molecule has 0 saturated carbocycles. The largest absolute Gasteiger partial charge is 0.385 e. The van der Waals surface area contributed by atoms with E-state index < -0.39 is 0 Å². The Morgan fingerprint density at radius 2 is 1.96 bits per heavy atom. The number of amides is 2. The molecule has 25 heavy (non-hydrogen) atoms. The number of nitrogens with one attached hydrogen (secondary N) is 3. The lowest BCUT2D eigenvalue weighted by molar-refractivity contribution is 0.0952.